The first kappa shape index (κ1) is 41.1. The second kappa shape index (κ2) is 45.4. The predicted molar refractivity (Wildman–Crippen MR) is 36.7 cm³/mol. The zero-order valence-electron chi connectivity index (χ0n) is 9.78. The van der Waals surface area contributed by atoms with Crippen LogP contribution >= 0.6 is 8.79 Å². The van der Waals surface area contributed by atoms with Gasteiger partial charge in [0, 0.05) is 44.3 Å². The monoisotopic (exact) mass is 263 g/mol. The normalized spacial score (nSPS) is 1.29. The van der Waals surface area contributed by atoms with E-state index in [1.807, 2.05) is 0 Å². The maximum atomic E-state index is 2.56. The maximum absolute atomic E-state index is 2.56. The van der Waals surface area contributed by atoms with Gasteiger partial charge in [-0.15, -0.1) is 0 Å². The van der Waals surface area contributed by atoms with Crippen molar-refractivity contribution in [3.63, 3.8) is 0 Å². The van der Waals surface area contributed by atoms with E-state index in [2.05, 4.69) is 8.79 Å². The van der Waals surface area contributed by atoms with Gasteiger partial charge in [-0.1, -0.05) is 0 Å². The fraction of sp³-hybridized carbons (Fsp3) is 0. The third-order valence-electron chi connectivity index (χ3n) is 0. The summed E-state index contributed by atoms with van der Waals surface area (Å²) in [6, 6.07) is 0. The molecule has 37 valence electrons. The third kappa shape index (κ3) is 36.6. The molecule has 0 aliphatic heterocycles. The van der Waals surface area contributed by atoms with Gasteiger partial charge in [0.15, 0.2) is 0 Å². The van der Waals surface area contributed by atoms with E-state index in [4.69, 9.17) is 0 Å². The van der Waals surface area contributed by atoms with Crippen molar-refractivity contribution in [2.75, 3.05) is 0 Å². The van der Waals surface area contributed by atoms with Crippen molar-refractivity contribution < 1.29 is 71.1 Å². The molecule has 0 aromatic heterocycles. The molecule has 0 spiro atoms. The van der Waals surface area contributed by atoms with Crippen LogP contribution in [0.25, 0.3) is 0 Å². The zero-order chi connectivity index (χ0) is 2.00. The largest absolute Gasteiger partial charge is 2.00 e. The van der Waals surface area contributed by atoms with Crippen LogP contribution < -0.4 is 29.6 Å². The van der Waals surface area contributed by atoms with E-state index in [0.29, 0.717) is 0 Å². The molecule has 0 aliphatic carbocycles. The third-order valence-corrected chi connectivity index (χ3v) is 0. The van der Waals surface area contributed by atoms with E-state index in [0.717, 1.165) is 0 Å². The fourth-order valence-electron chi connectivity index (χ4n) is 0. The van der Waals surface area contributed by atoms with E-state index < -0.39 is 0 Å². The first-order valence-electron chi connectivity index (χ1n) is 0.577. The molecular weight excluding hydrogens is 253 g/mol. The van der Waals surface area contributed by atoms with Gasteiger partial charge >= 0.3 is 90.3 Å². The van der Waals surface area contributed by atoms with Crippen LogP contribution in [0, 0.1) is 0 Å². The first-order chi connectivity index (χ1) is 1.00. The summed E-state index contributed by atoms with van der Waals surface area (Å²) in [5.74, 6) is 0. The fourth-order valence-corrected chi connectivity index (χ4v) is 0. The molecule has 0 nitrogen and oxygen atoms in total. The zero-order valence-corrected chi connectivity index (χ0v) is 16.0. The Bertz CT molecular complexity index is 31.4. The SMILES string of the molecule is [Ca+2].[Cr].[H-].[H-].[H-].[H-].[H-].[Mg+2].[Mn].[Na+].[SiH3]P. The van der Waals surface area contributed by atoms with Gasteiger partial charge in [0.25, 0.3) is 0 Å². The van der Waals surface area contributed by atoms with Crippen molar-refractivity contribution in [1.82, 2.24) is 0 Å². The van der Waals surface area contributed by atoms with Gasteiger partial charge in [-0.05, 0) is 0 Å². The van der Waals surface area contributed by atoms with Crippen LogP contribution in [-0.2, 0) is 34.4 Å². The van der Waals surface area contributed by atoms with Crippen LogP contribution in [0.5, 0.6) is 0 Å². The summed E-state index contributed by atoms with van der Waals surface area (Å²) in [7, 11) is 3.78. The Balaban J connectivity index is -0.000000000111. The average molecular weight is 263 g/mol. The van der Waals surface area contributed by atoms with Gasteiger partial charge in [-0.3, -0.25) is 0 Å². The van der Waals surface area contributed by atoms with Crippen LogP contribution in [-0.4, -0.2) is 70.7 Å². The molecular formula is H10CaCrMgMnNaPSi. The van der Waals surface area contributed by atoms with E-state index in [-0.39, 0.29) is 132 Å². The standard InChI is InChI=1S/Ca.Cr.Mg.Mn.Na.H5PSi.5H/c;;;;;1-2;;;;;/h;;;;;1H2,2H3;;;;;/q+2;;+2;;+1;;5*-1. The molecule has 0 aliphatic rings. The molecule has 0 fully saturated rings. The number of rotatable bonds is 0. The van der Waals surface area contributed by atoms with Gasteiger partial charge in [0.1, 0.15) is 0 Å². The summed E-state index contributed by atoms with van der Waals surface area (Å²) in [4.78, 5) is 0. The molecule has 0 rings (SSSR count). The molecule has 0 heterocycles. The summed E-state index contributed by atoms with van der Waals surface area (Å²) in [6.07, 6.45) is 0. The van der Waals surface area contributed by atoms with Crippen LogP contribution in [0.2, 0.25) is 0 Å². The van der Waals surface area contributed by atoms with Gasteiger partial charge in [0.05, 0.1) is 0 Å². The van der Waals surface area contributed by atoms with Crippen molar-refractivity contribution >= 4 is 79.5 Å². The topological polar surface area (TPSA) is 0 Å². The maximum Gasteiger partial charge on any atom is 2.00 e. The van der Waals surface area contributed by atoms with E-state index in [9.17, 15) is 0 Å². The molecule has 0 aromatic carbocycles. The molecule has 7 heteroatoms. The first-order valence-corrected chi connectivity index (χ1v) is 5.20. The number of hydrogen-bond donors (Lipinski definition) is 0. The summed E-state index contributed by atoms with van der Waals surface area (Å²) >= 11 is 0. The minimum absolute atomic E-state index is 0. The van der Waals surface area contributed by atoms with E-state index >= 15 is 0 Å². The van der Waals surface area contributed by atoms with E-state index in [1.165, 1.54) is 9.91 Å². The molecule has 0 bridgehead atoms. The van der Waals surface area contributed by atoms with Crippen LogP contribution in [0.4, 0.5) is 0 Å². The van der Waals surface area contributed by atoms with Crippen molar-refractivity contribution in [3.05, 3.63) is 0 Å². The number of hydrogen-bond acceptors (Lipinski definition) is 0. The Hall–Kier alpha value is 4.72. The van der Waals surface area contributed by atoms with Gasteiger partial charge in [-0.25, -0.2) is 0 Å². The predicted octanol–water partition coefficient (Wildman–Crippen LogP) is -4.06. The quantitative estimate of drug-likeness (QED) is 0.308. The summed E-state index contributed by atoms with van der Waals surface area (Å²) < 4.78 is 0. The van der Waals surface area contributed by atoms with Gasteiger partial charge in [-0.2, -0.15) is 8.79 Å². The van der Waals surface area contributed by atoms with Crippen LogP contribution in [0.3, 0.4) is 0 Å². The molecule has 0 aromatic rings. The second-order valence-corrected chi connectivity index (χ2v) is 0. The Labute approximate surface area is 147 Å². The Kier molecular flexibility index (Phi) is 267. The average Bonchev–Trinajstić information content (AvgIpc) is 1.00. The van der Waals surface area contributed by atoms with Crippen LogP contribution in [0.1, 0.15) is 7.13 Å². The molecule has 0 saturated heterocycles. The molecule has 0 saturated carbocycles. The Morgan fingerprint density at radius 3 is 1.29 bits per heavy atom. The Morgan fingerprint density at radius 2 is 1.29 bits per heavy atom. The van der Waals surface area contributed by atoms with E-state index in [1.54, 1.807) is 0 Å². The van der Waals surface area contributed by atoms with Crippen molar-refractivity contribution in [2.24, 2.45) is 0 Å². The summed E-state index contributed by atoms with van der Waals surface area (Å²) in [6.45, 7) is 0. The van der Waals surface area contributed by atoms with Crippen molar-refractivity contribution in [1.29, 1.82) is 0 Å². The summed E-state index contributed by atoms with van der Waals surface area (Å²) in [5.41, 5.74) is 0. The van der Waals surface area contributed by atoms with Gasteiger partial charge in [0.2, 0.25) is 0 Å². The Morgan fingerprint density at radius 1 is 1.29 bits per heavy atom. The molecule has 0 amide bonds. The molecule has 0 N–H and O–H groups in total. The molecule has 1 radical (unpaired) electrons. The van der Waals surface area contributed by atoms with Crippen LogP contribution in [0.15, 0.2) is 0 Å². The van der Waals surface area contributed by atoms with Crippen molar-refractivity contribution in [2.45, 2.75) is 0 Å². The molecule has 1 atom stereocenters. The van der Waals surface area contributed by atoms with Crippen molar-refractivity contribution in [3.8, 4) is 0 Å². The smallest absolute Gasteiger partial charge is 1.00 e. The minimum atomic E-state index is 0. The minimum Gasteiger partial charge on any atom is -1.00 e. The molecule has 7 heavy (non-hydrogen) atoms. The van der Waals surface area contributed by atoms with Gasteiger partial charge < -0.3 is 7.13 Å². The molecule has 1 unspecified atom stereocenters. The summed E-state index contributed by atoms with van der Waals surface area (Å²) in [5, 5.41) is 0. The second-order valence-electron chi connectivity index (χ2n) is 0.